The Bertz CT molecular complexity index is 4190. The highest BCUT2D eigenvalue weighted by Crippen LogP contribution is 2.53. The van der Waals surface area contributed by atoms with Crippen molar-refractivity contribution in [3.8, 4) is 51.0 Å². The lowest BCUT2D eigenvalue weighted by atomic mass is 9.82. The van der Waals surface area contributed by atoms with E-state index in [1.165, 1.54) is 39.4 Å². The number of hydrogen-bond donors (Lipinski definition) is 0. The van der Waals surface area contributed by atoms with Crippen molar-refractivity contribution in [1.29, 1.82) is 0 Å². The second kappa shape index (κ2) is 15.3. The summed E-state index contributed by atoms with van der Waals surface area (Å²) >= 11 is 0. The molecule has 1 aliphatic rings. The van der Waals surface area contributed by atoms with Crippen LogP contribution >= 0.6 is 0 Å². The Hall–Kier alpha value is -8.41. The standard InChI is InChI=1S/C60H38N4O.C3H8/c1-60(2)50-30-27-39(33-49(50)54-42-16-7-5-13-36(42)26-31-51(54)60)44-19-11-20-47-48-29-24-37-14-6-8-17-43(37)55(48)64(56(44)47)59-62-57(40-23-22-35-12-3-4-15-38(35)32-40)61-58(63-59)41-25-28-46-45-18-9-10-21-52(45)65-53(46)34-41;1-3-2/h3-34H,1-2H3;3H2,1-2H3. The monoisotopic (exact) mass is 874 g/mol. The van der Waals surface area contributed by atoms with Crippen LogP contribution in [-0.2, 0) is 5.41 Å². The molecule has 0 bridgehead atoms. The summed E-state index contributed by atoms with van der Waals surface area (Å²) in [4.78, 5) is 16.2. The van der Waals surface area contributed by atoms with Crippen LogP contribution in [0.5, 0.6) is 0 Å². The summed E-state index contributed by atoms with van der Waals surface area (Å²) in [6.07, 6.45) is 1.25. The minimum absolute atomic E-state index is 0.140. The Morgan fingerprint density at radius 2 is 0.971 bits per heavy atom. The van der Waals surface area contributed by atoms with Crippen LogP contribution in [0, 0.1) is 0 Å². The molecule has 324 valence electrons. The van der Waals surface area contributed by atoms with Crippen LogP contribution < -0.4 is 0 Å². The van der Waals surface area contributed by atoms with Crippen LogP contribution in [0.25, 0.3) is 127 Å². The van der Waals surface area contributed by atoms with Gasteiger partial charge in [-0.05, 0) is 85.1 Å². The third-order valence-electron chi connectivity index (χ3n) is 14.0. The molecule has 14 rings (SSSR count). The van der Waals surface area contributed by atoms with E-state index in [-0.39, 0.29) is 5.41 Å². The van der Waals surface area contributed by atoms with Crippen molar-refractivity contribution >= 4 is 76.1 Å². The molecule has 0 spiro atoms. The summed E-state index contributed by atoms with van der Waals surface area (Å²) in [5.41, 5.74) is 12.9. The second-order valence-electron chi connectivity index (χ2n) is 18.7. The Kier molecular flexibility index (Phi) is 9.00. The van der Waals surface area contributed by atoms with Crippen molar-refractivity contribution in [2.75, 3.05) is 0 Å². The average molecular weight is 875 g/mol. The smallest absolute Gasteiger partial charge is 0.238 e. The molecule has 0 fully saturated rings. The molecule has 0 atom stereocenters. The Labute approximate surface area is 394 Å². The van der Waals surface area contributed by atoms with Gasteiger partial charge in [-0.3, -0.25) is 4.57 Å². The molecular weight excluding hydrogens is 829 g/mol. The van der Waals surface area contributed by atoms with E-state index in [0.29, 0.717) is 17.6 Å². The minimum Gasteiger partial charge on any atom is -0.456 e. The first kappa shape index (κ1) is 39.9. The largest absolute Gasteiger partial charge is 0.456 e. The Morgan fingerprint density at radius 1 is 0.412 bits per heavy atom. The van der Waals surface area contributed by atoms with E-state index in [4.69, 9.17) is 19.4 Å². The highest BCUT2D eigenvalue weighted by atomic mass is 16.3. The third kappa shape index (κ3) is 6.05. The highest BCUT2D eigenvalue weighted by molar-refractivity contribution is 6.21. The van der Waals surface area contributed by atoms with E-state index in [2.05, 4.69) is 208 Å². The van der Waals surface area contributed by atoms with Gasteiger partial charge in [0.2, 0.25) is 5.95 Å². The predicted octanol–water partition coefficient (Wildman–Crippen LogP) is 17.1. The molecule has 10 aromatic carbocycles. The molecule has 0 saturated heterocycles. The van der Waals surface area contributed by atoms with Gasteiger partial charge in [0.05, 0.1) is 11.0 Å². The molecule has 13 aromatic rings. The van der Waals surface area contributed by atoms with Crippen LogP contribution in [0.4, 0.5) is 0 Å². The summed E-state index contributed by atoms with van der Waals surface area (Å²) in [6, 6.07) is 69.6. The van der Waals surface area contributed by atoms with E-state index >= 15 is 0 Å². The third-order valence-corrected chi connectivity index (χ3v) is 14.0. The summed E-state index contributed by atoms with van der Waals surface area (Å²) < 4.78 is 8.73. The first-order valence-corrected chi connectivity index (χ1v) is 23.7. The number of furan rings is 1. The van der Waals surface area contributed by atoms with E-state index in [9.17, 15) is 0 Å². The van der Waals surface area contributed by atoms with E-state index in [1.807, 2.05) is 18.2 Å². The molecular formula is C63H46N4O. The van der Waals surface area contributed by atoms with Gasteiger partial charge in [0.25, 0.3) is 0 Å². The molecule has 0 amide bonds. The SMILES string of the molecule is CC1(C)c2ccc(-c3cccc4c5ccc6ccccc6c5n(-c5nc(-c6ccc7ccccc7c6)nc(-c6ccc7c(c6)oc6ccccc67)n5)c34)cc2-c2c1ccc1ccccc21.CCC. The lowest BCUT2D eigenvalue weighted by molar-refractivity contribution is 0.661. The van der Waals surface area contributed by atoms with Crippen molar-refractivity contribution in [3.63, 3.8) is 0 Å². The van der Waals surface area contributed by atoms with Gasteiger partial charge in [0.1, 0.15) is 11.2 Å². The Balaban J connectivity index is 0.00000149. The molecule has 5 heteroatoms. The molecule has 5 nitrogen and oxygen atoms in total. The zero-order valence-corrected chi connectivity index (χ0v) is 38.4. The van der Waals surface area contributed by atoms with Crippen LogP contribution in [-0.4, -0.2) is 19.5 Å². The zero-order chi connectivity index (χ0) is 45.7. The fraction of sp³-hybridized carbons (Fsp3) is 0.0952. The highest BCUT2D eigenvalue weighted by Gasteiger charge is 2.37. The number of rotatable bonds is 4. The van der Waals surface area contributed by atoms with Crippen LogP contribution in [0.2, 0.25) is 0 Å². The van der Waals surface area contributed by atoms with Crippen LogP contribution in [0.3, 0.4) is 0 Å². The number of para-hydroxylation sites is 2. The van der Waals surface area contributed by atoms with Gasteiger partial charge in [-0.15, -0.1) is 0 Å². The number of benzene rings is 10. The average Bonchev–Trinajstić information content (AvgIpc) is 4.01. The van der Waals surface area contributed by atoms with E-state index in [1.54, 1.807) is 0 Å². The fourth-order valence-electron chi connectivity index (χ4n) is 10.9. The van der Waals surface area contributed by atoms with Crippen molar-refractivity contribution in [1.82, 2.24) is 19.5 Å². The molecule has 0 radical (unpaired) electrons. The predicted molar refractivity (Wildman–Crippen MR) is 284 cm³/mol. The molecule has 1 aliphatic carbocycles. The van der Waals surface area contributed by atoms with E-state index in [0.717, 1.165) is 87.5 Å². The molecule has 3 heterocycles. The molecule has 0 unspecified atom stereocenters. The van der Waals surface area contributed by atoms with Crippen LogP contribution in [0.1, 0.15) is 45.2 Å². The van der Waals surface area contributed by atoms with E-state index < -0.39 is 0 Å². The molecule has 0 N–H and O–H groups in total. The van der Waals surface area contributed by atoms with Gasteiger partial charge < -0.3 is 4.42 Å². The van der Waals surface area contributed by atoms with Gasteiger partial charge in [-0.25, -0.2) is 4.98 Å². The normalized spacial score (nSPS) is 12.9. The minimum atomic E-state index is -0.140. The summed E-state index contributed by atoms with van der Waals surface area (Å²) in [7, 11) is 0. The van der Waals surface area contributed by atoms with Crippen molar-refractivity contribution in [2.24, 2.45) is 0 Å². The number of fused-ring (bicyclic) bond motifs is 14. The first-order chi connectivity index (χ1) is 33.4. The quantitative estimate of drug-likeness (QED) is 0.177. The fourth-order valence-corrected chi connectivity index (χ4v) is 10.9. The lowest BCUT2D eigenvalue weighted by Crippen LogP contribution is -2.14. The molecule has 3 aromatic heterocycles. The van der Waals surface area contributed by atoms with Crippen molar-refractivity contribution in [3.05, 3.63) is 205 Å². The molecule has 0 aliphatic heterocycles. The van der Waals surface area contributed by atoms with Gasteiger partial charge in [0, 0.05) is 49.0 Å². The topological polar surface area (TPSA) is 56.7 Å². The summed E-state index contributed by atoms with van der Waals surface area (Å²) in [5, 5.41) is 11.5. The Morgan fingerprint density at radius 3 is 1.78 bits per heavy atom. The maximum Gasteiger partial charge on any atom is 0.238 e. The maximum atomic E-state index is 6.42. The van der Waals surface area contributed by atoms with Crippen molar-refractivity contribution < 1.29 is 4.42 Å². The number of nitrogens with zero attached hydrogens (tertiary/aromatic N) is 4. The van der Waals surface area contributed by atoms with Crippen molar-refractivity contribution in [2.45, 2.75) is 39.5 Å². The van der Waals surface area contributed by atoms with Gasteiger partial charge in [-0.2, -0.15) is 9.97 Å². The maximum absolute atomic E-state index is 6.42. The van der Waals surface area contributed by atoms with Gasteiger partial charge in [0.15, 0.2) is 11.6 Å². The number of aromatic nitrogens is 4. The zero-order valence-electron chi connectivity index (χ0n) is 38.4. The second-order valence-corrected chi connectivity index (χ2v) is 18.7. The summed E-state index contributed by atoms with van der Waals surface area (Å²) in [5.74, 6) is 1.71. The molecule has 0 saturated carbocycles. The van der Waals surface area contributed by atoms with Crippen LogP contribution in [0.15, 0.2) is 199 Å². The van der Waals surface area contributed by atoms with Gasteiger partial charge >= 0.3 is 0 Å². The summed E-state index contributed by atoms with van der Waals surface area (Å²) in [6.45, 7) is 8.96. The molecule has 68 heavy (non-hydrogen) atoms. The first-order valence-electron chi connectivity index (χ1n) is 23.7. The lowest BCUT2D eigenvalue weighted by Gasteiger charge is -2.21. The number of hydrogen-bond acceptors (Lipinski definition) is 4. The van der Waals surface area contributed by atoms with Gasteiger partial charge in [-0.1, -0.05) is 198 Å².